The minimum Gasteiger partial charge on any atom is -0.568 e. The van der Waals surface area contributed by atoms with E-state index in [9.17, 15) is 21.6 Å². The number of sulfonamides is 1. The number of fused-ring (bicyclic) bond motifs is 1. The highest BCUT2D eigenvalue weighted by Crippen LogP contribution is 2.45. The molecule has 0 spiro atoms. The molecule has 10 nitrogen and oxygen atoms in total. The van der Waals surface area contributed by atoms with Gasteiger partial charge in [-0.1, -0.05) is 35.0 Å². The fourth-order valence-electron chi connectivity index (χ4n) is 3.42. The second-order valence-corrected chi connectivity index (χ2v) is 8.49. The average Bonchev–Trinajstić information content (AvgIpc) is 3.12. The van der Waals surface area contributed by atoms with Gasteiger partial charge in [0.25, 0.3) is 11.6 Å². The second kappa shape index (κ2) is 9.07. The van der Waals surface area contributed by atoms with Crippen LogP contribution in [0.15, 0.2) is 22.4 Å². The maximum atomic E-state index is 13.0. The van der Waals surface area contributed by atoms with Crippen molar-refractivity contribution in [3.63, 3.8) is 0 Å². The molecule has 174 valence electrons. The van der Waals surface area contributed by atoms with Crippen molar-refractivity contribution < 1.29 is 21.6 Å². The van der Waals surface area contributed by atoms with E-state index in [1.165, 1.54) is 16.7 Å². The molecule has 1 aliphatic rings. The van der Waals surface area contributed by atoms with E-state index in [1.54, 1.807) is 6.92 Å². The van der Waals surface area contributed by atoms with Gasteiger partial charge >= 0.3 is 11.5 Å². The standard InChI is InChI=1S/C19H18F3N8O2S/c1-5-29-9-7-8-12-10-13(14(11-15(12)29)28-33(31,32)19(20,21)22)26-27-18-25-16(23-3)17(24-4)30(18)6-2/h10-11H,5-9H2,1-2H3/q-1. The van der Waals surface area contributed by atoms with Crippen LogP contribution in [0.3, 0.4) is 0 Å². The summed E-state index contributed by atoms with van der Waals surface area (Å²) < 4.78 is 66.8. The maximum Gasteiger partial charge on any atom is 0.483 e. The molecular weight excluding hydrogens is 461 g/mol. The monoisotopic (exact) mass is 479 g/mol. The third-order valence-electron chi connectivity index (χ3n) is 4.96. The summed E-state index contributed by atoms with van der Waals surface area (Å²) in [6, 6.07) is 2.72. The number of azo groups is 1. The van der Waals surface area contributed by atoms with Crippen LogP contribution in [-0.4, -0.2) is 36.6 Å². The molecule has 0 atom stereocenters. The van der Waals surface area contributed by atoms with Crippen LogP contribution in [0, 0.1) is 13.1 Å². The summed E-state index contributed by atoms with van der Waals surface area (Å²) in [5.74, 6) is -0.337. The number of hydrogen-bond donors (Lipinski definition) is 0. The summed E-state index contributed by atoms with van der Waals surface area (Å²) in [6.45, 7) is 19.4. The number of benzene rings is 1. The van der Waals surface area contributed by atoms with Crippen LogP contribution in [-0.2, 0) is 23.0 Å². The van der Waals surface area contributed by atoms with Gasteiger partial charge < -0.3 is 19.3 Å². The van der Waals surface area contributed by atoms with E-state index < -0.39 is 21.2 Å². The number of alkyl halides is 3. The van der Waals surface area contributed by atoms with Gasteiger partial charge in [-0.25, -0.2) is 13.0 Å². The lowest BCUT2D eigenvalue weighted by Gasteiger charge is -2.33. The summed E-state index contributed by atoms with van der Waals surface area (Å²) in [6.07, 6.45) is 1.42. The molecule has 3 rings (SSSR count). The Labute approximate surface area is 188 Å². The zero-order valence-electron chi connectivity index (χ0n) is 17.6. The minimum absolute atomic E-state index is 0.0463. The van der Waals surface area contributed by atoms with Gasteiger partial charge in [-0.15, -0.1) is 5.11 Å². The Morgan fingerprint density at radius 1 is 1.18 bits per heavy atom. The predicted octanol–water partition coefficient (Wildman–Crippen LogP) is 6.05. The molecule has 0 N–H and O–H groups in total. The molecule has 1 aromatic carbocycles. The Morgan fingerprint density at radius 2 is 1.91 bits per heavy atom. The Balaban J connectivity index is 2.14. The highest BCUT2D eigenvalue weighted by molar-refractivity contribution is 7.95. The van der Waals surface area contributed by atoms with E-state index in [0.717, 1.165) is 12.0 Å². The van der Waals surface area contributed by atoms with Gasteiger partial charge in [0, 0.05) is 18.8 Å². The molecule has 1 aliphatic heterocycles. The average molecular weight is 479 g/mol. The van der Waals surface area contributed by atoms with Crippen molar-refractivity contribution in [1.82, 2.24) is 9.55 Å². The van der Waals surface area contributed by atoms with Gasteiger partial charge in [0.05, 0.1) is 12.2 Å². The highest BCUT2D eigenvalue weighted by atomic mass is 32.2. The SMILES string of the molecule is [C-]#[N+]c1nc(N=Nc2cc3c(cc2[N-]S(=O)(=O)C(F)(F)F)N(CC)CCC3)n(CC)c1[N+]#[C-]. The van der Waals surface area contributed by atoms with Gasteiger partial charge in [-0.2, -0.15) is 13.2 Å². The van der Waals surface area contributed by atoms with Crippen molar-refractivity contribution in [3.8, 4) is 0 Å². The molecule has 0 bridgehead atoms. The normalized spacial score (nSPS) is 14.1. The molecule has 0 unspecified atom stereocenters. The maximum absolute atomic E-state index is 13.0. The van der Waals surface area contributed by atoms with E-state index in [0.29, 0.717) is 25.2 Å². The number of nitrogens with zero attached hydrogens (tertiary/aromatic N) is 8. The van der Waals surface area contributed by atoms with Gasteiger partial charge in [0.1, 0.15) is 0 Å². The van der Waals surface area contributed by atoms with Crippen LogP contribution in [0.4, 0.5) is 47.8 Å². The topological polar surface area (TPSA) is 103 Å². The van der Waals surface area contributed by atoms with Crippen molar-refractivity contribution in [1.29, 1.82) is 0 Å². The molecule has 0 fully saturated rings. The molecule has 2 heterocycles. The fraction of sp³-hybridized carbons (Fsp3) is 0.421. The van der Waals surface area contributed by atoms with E-state index in [2.05, 4.69) is 29.6 Å². The van der Waals surface area contributed by atoms with Crippen LogP contribution in [0.1, 0.15) is 25.8 Å². The van der Waals surface area contributed by atoms with E-state index in [4.69, 9.17) is 13.1 Å². The van der Waals surface area contributed by atoms with E-state index in [-0.39, 0.29) is 29.8 Å². The molecule has 0 aliphatic carbocycles. The Hall–Kier alpha value is -3.65. The first-order chi connectivity index (χ1) is 15.6. The fourth-order valence-corrected chi connectivity index (χ4v) is 3.93. The molecular formula is C19H18F3N8O2S-. The Kier molecular flexibility index (Phi) is 6.60. The largest absolute Gasteiger partial charge is 0.568 e. The van der Waals surface area contributed by atoms with Crippen LogP contribution in [0.5, 0.6) is 0 Å². The number of aryl methyl sites for hydroxylation is 1. The molecule has 33 heavy (non-hydrogen) atoms. The molecule has 0 saturated carbocycles. The number of anilines is 1. The van der Waals surface area contributed by atoms with Gasteiger partial charge in [0.2, 0.25) is 0 Å². The van der Waals surface area contributed by atoms with Crippen LogP contribution >= 0.6 is 0 Å². The Bertz CT molecular complexity index is 1290. The first-order valence-corrected chi connectivity index (χ1v) is 11.2. The summed E-state index contributed by atoms with van der Waals surface area (Å²) in [7, 11) is -5.83. The number of imidazole rings is 1. The molecule has 2 aromatic rings. The third kappa shape index (κ3) is 4.61. The Morgan fingerprint density at radius 3 is 2.48 bits per heavy atom. The third-order valence-corrected chi connectivity index (χ3v) is 5.98. The predicted molar refractivity (Wildman–Crippen MR) is 115 cm³/mol. The first-order valence-electron chi connectivity index (χ1n) is 9.79. The smallest absolute Gasteiger partial charge is 0.483 e. The van der Waals surface area contributed by atoms with Gasteiger partial charge in [-0.3, -0.25) is 0 Å². The summed E-state index contributed by atoms with van der Waals surface area (Å²) in [4.78, 5) is 12.3. The first kappa shape index (κ1) is 24.0. The molecule has 1 aromatic heterocycles. The lowest BCUT2D eigenvalue weighted by Crippen LogP contribution is -2.28. The van der Waals surface area contributed by atoms with Crippen molar-refractivity contribution in [2.45, 2.75) is 38.7 Å². The lowest BCUT2D eigenvalue weighted by atomic mass is 10.0. The molecule has 0 saturated heterocycles. The summed E-state index contributed by atoms with van der Waals surface area (Å²) >= 11 is 0. The van der Waals surface area contributed by atoms with Crippen molar-refractivity contribution >= 4 is 44.7 Å². The zero-order valence-corrected chi connectivity index (χ0v) is 18.4. The quantitative estimate of drug-likeness (QED) is 0.372. The number of hydrogen-bond acceptors (Lipinski definition) is 6. The van der Waals surface area contributed by atoms with E-state index >= 15 is 0 Å². The highest BCUT2D eigenvalue weighted by Gasteiger charge is 2.39. The van der Waals surface area contributed by atoms with Crippen LogP contribution < -0.4 is 4.90 Å². The minimum atomic E-state index is -5.83. The summed E-state index contributed by atoms with van der Waals surface area (Å²) in [5.41, 5.74) is -4.93. The second-order valence-electron chi connectivity index (χ2n) is 6.89. The van der Waals surface area contributed by atoms with Crippen LogP contribution in [0.25, 0.3) is 14.4 Å². The van der Waals surface area contributed by atoms with Gasteiger partial charge in [0.15, 0.2) is 10.0 Å². The number of halogens is 3. The van der Waals surface area contributed by atoms with Crippen molar-refractivity contribution in [2.24, 2.45) is 10.2 Å². The summed E-state index contributed by atoms with van der Waals surface area (Å²) in [5, 5.41) is 7.83. The molecule has 14 heteroatoms. The number of aromatic nitrogens is 2. The lowest BCUT2D eigenvalue weighted by molar-refractivity contribution is -0.0425. The van der Waals surface area contributed by atoms with Crippen molar-refractivity contribution in [3.05, 3.63) is 45.3 Å². The van der Waals surface area contributed by atoms with Crippen LogP contribution in [0.2, 0.25) is 0 Å². The molecule has 0 amide bonds. The zero-order chi connectivity index (χ0) is 24.4. The number of rotatable bonds is 6. The molecule has 0 radical (unpaired) electrons. The van der Waals surface area contributed by atoms with Gasteiger partial charge in [-0.05, 0) is 38.3 Å². The van der Waals surface area contributed by atoms with E-state index in [1.807, 2.05) is 11.8 Å². The van der Waals surface area contributed by atoms with Crippen molar-refractivity contribution in [2.75, 3.05) is 18.0 Å².